The Hall–Kier alpha value is -1.12. The molecular formula is C16H24F2O. The molecule has 0 saturated heterocycles. The summed E-state index contributed by atoms with van der Waals surface area (Å²) in [5.41, 5.74) is 0. The van der Waals surface area contributed by atoms with Gasteiger partial charge in [-0.2, -0.15) is 4.39 Å². The number of ether oxygens (including phenoxy) is 1. The summed E-state index contributed by atoms with van der Waals surface area (Å²) in [7, 11) is 0. The Morgan fingerprint density at radius 1 is 1.26 bits per heavy atom. The molecule has 1 aliphatic rings. The van der Waals surface area contributed by atoms with Crippen LogP contribution in [0.3, 0.4) is 0 Å². The fourth-order valence-corrected chi connectivity index (χ4v) is 2.45. The smallest absolute Gasteiger partial charge is 0.200 e. The molecular weight excluding hydrogens is 246 g/mol. The van der Waals surface area contributed by atoms with Crippen LogP contribution in [-0.2, 0) is 4.74 Å². The van der Waals surface area contributed by atoms with Crippen molar-refractivity contribution in [1.29, 1.82) is 0 Å². The second-order valence-corrected chi connectivity index (χ2v) is 5.20. The summed E-state index contributed by atoms with van der Waals surface area (Å²) in [5, 5.41) is 0. The highest BCUT2D eigenvalue weighted by Gasteiger charge is 2.17. The van der Waals surface area contributed by atoms with Crippen molar-refractivity contribution in [2.45, 2.75) is 46.0 Å². The third-order valence-corrected chi connectivity index (χ3v) is 3.60. The maximum Gasteiger partial charge on any atom is 0.200 e. The molecule has 0 aromatic rings. The van der Waals surface area contributed by atoms with Crippen molar-refractivity contribution in [2.75, 3.05) is 6.61 Å². The van der Waals surface area contributed by atoms with Crippen LogP contribution in [0.15, 0.2) is 36.1 Å². The molecule has 2 atom stereocenters. The SMILES string of the molecule is C=C/C(OCC)=C(F)\C(F)=C\C1CCCC(C)CC1. The summed E-state index contributed by atoms with van der Waals surface area (Å²) in [6.45, 7) is 7.68. The normalized spacial score (nSPS) is 26.4. The molecule has 0 aromatic heterocycles. The molecule has 3 heteroatoms. The fourth-order valence-electron chi connectivity index (χ4n) is 2.45. The molecule has 19 heavy (non-hydrogen) atoms. The van der Waals surface area contributed by atoms with E-state index in [-0.39, 0.29) is 11.7 Å². The number of halogens is 2. The lowest BCUT2D eigenvalue weighted by Gasteiger charge is -2.10. The summed E-state index contributed by atoms with van der Waals surface area (Å²) in [6, 6.07) is 0. The lowest BCUT2D eigenvalue weighted by Crippen LogP contribution is -1.98. The minimum absolute atomic E-state index is 0.113. The van der Waals surface area contributed by atoms with Crippen LogP contribution in [0, 0.1) is 11.8 Å². The number of allylic oxidation sites excluding steroid dienone is 4. The van der Waals surface area contributed by atoms with Crippen molar-refractivity contribution >= 4 is 0 Å². The van der Waals surface area contributed by atoms with Crippen molar-refractivity contribution in [1.82, 2.24) is 0 Å². The molecule has 1 fully saturated rings. The zero-order valence-corrected chi connectivity index (χ0v) is 11.9. The second-order valence-electron chi connectivity index (χ2n) is 5.20. The van der Waals surface area contributed by atoms with Crippen LogP contribution in [0.5, 0.6) is 0 Å². The summed E-state index contributed by atoms with van der Waals surface area (Å²) < 4.78 is 32.7. The van der Waals surface area contributed by atoms with Gasteiger partial charge >= 0.3 is 0 Å². The molecule has 1 saturated carbocycles. The Bertz CT molecular complexity index is 358. The van der Waals surface area contributed by atoms with Gasteiger partial charge in [-0.25, -0.2) is 4.39 Å². The van der Waals surface area contributed by atoms with E-state index in [0.717, 1.165) is 25.7 Å². The summed E-state index contributed by atoms with van der Waals surface area (Å²) in [6.07, 6.45) is 7.84. The molecule has 2 unspecified atom stereocenters. The van der Waals surface area contributed by atoms with Gasteiger partial charge in [0.05, 0.1) is 6.61 Å². The predicted molar refractivity (Wildman–Crippen MR) is 74.9 cm³/mol. The summed E-state index contributed by atoms with van der Waals surface area (Å²) in [4.78, 5) is 0. The largest absolute Gasteiger partial charge is 0.491 e. The van der Waals surface area contributed by atoms with Crippen molar-refractivity contribution in [3.8, 4) is 0 Å². The van der Waals surface area contributed by atoms with Crippen molar-refractivity contribution in [2.24, 2.45) is 11.8 Å². The fraction of sp³-hybridized carbons (Fsp3) is 0.625. The minimum Gasteiger partial charge on any atom is -0.491 e. The molecule has 1 aliphatic carbocycles. The summed E-state index contributed by atoms with van der Waals surface area (Å²) in [5.74, 6) is -1.05. The first-order valence-electron chi connectivity index (χ1n) is 7.11. The first-order chi connectivity index (χ1) is 9.08. The van der Waals surface area contributed by atoms with Gasteiger partial charge in [0.2, 0.25) is 0 Å². The third kappa shape index (κ3) is 5.17. The molecule has 0 radical (unpaired) electrons. The van der Waals surface area contributed by atoms with E-state index in [2.05, 4.69) is 13.5 Å². The lowest BCUT2D eigenvalue weighted by molar-refractivity contribution is 0.230. The molecule has 1 rings (SSSR count). The minimum atomic E-state index is -0.936. The van der Waals surface area contributed by atoms with Crippen LogP contribution < -0.4 is 0 Å². The zero-order chi connectivity index (χ0) is 14.3. The third-order valence-electron chi connectivity index (χ3n) is 3.60. The highest BCUT2D eigenvalue weighted by molar-refractivity contribution is 5.28. The van der Waals surface area contributed by atoms with Gasteiger partial charge in [-0.3, -0.25) is 0 Å². The number of hydrogen-bond acceptors (Lipinski definition) is 1. The van der Waals surface area contributed by atoms with Gasteiger partial charge in [-0.05, 0) is 43.8 Å². The molecule has 0 bridgehead atoms. The standard InChI is InChI=1S/C16H24F2O/c1-4-15(19-5-2)16(18)14(17)11-13-8-6-7-12(3)9-10-13/h4,11-13H,1,5-10H2,2-3H3/b14-11-,16-15-. The Balaban J connectivity index is 2.76. The molecule has 0 N–H and O–H groups in total. The maximum absolute atomic E-state index is 13.9. The van der Waals surface area contributed by atoms with E-state index in [0.29, 0.717) is 12.5 Å². The molecule has 0 spiro atoms. The van der Waals surface area contributed by atoms with E-state index in [1.807, 2.05) is 0 Å². The quantitative estimate of drug-likeness (QED) is 0.366. The molecule has 0 aromatic carbocycles. The van der Waals surface area contributed by atoms with Crippen LogP contribution in [0.25, 0.3) is 0 Å². The van der Waals surface area contributed by atoms with E-state index in [4.69, 9.17) is 4.74 Å². The van der Waals surface area contributed by atoms with Gasteiger partial charge in [0.15, 0.2) is 17.4 Å². The van der Waals surface area contributed by atoms with Gasteiger partial charge < -0.3 is 4.74 Å². The van der Waals surface area contributed by atoms with E-state index in [9.17, 15) is 8.78 Å². The first kappa shape index (κ1) is 15.9. The van der Waals surface area contributed by atoms with E-state index in [1.165, 1.54) is 18.6 Å². The Kier molecular flexibility index (Phi) is 6.82. The predicted octanol–water partition coefficient (Wildman–Crippen LogP) is 5.46. The second kappa shape index (κ2) is 8.13. The van der Waals surface area contributed by atoms with Gasteiger partial charge in [-0.1, -0.05) is 32.8 Å². The van der Waals surface area contributed by atoms with E-state index in [1.54, 1.807) is 6.92 Å². The van der Waals surface area contributed by atoms with Gasteiger partial charge in [-0.15, -0.1) is 0 Å². The molecule has 0 aliphatic heterocycles. The number of rotatable bonds is 5. The highest BCUT2D eigenvalue weighted by Crippen LogP contribution is 2.30. The zero-order valence-electron chi connectivity index (χ0n) is 11.9. The van der Waals surface area contributed by atoms with Crippen molar-refractivity contribution < 1.29 is 13.5 Å². The lowest BCUT2D eigenvalue weighted by atomic mass is 9.98. The monoisotopic (exact) mass is 270 g/mol. The first-order valence-corrected chi connectivity index (χ1v) is 7.11. The van der Waals surface area contributed by atoms with Gasteiger partial charge in [0.1, 0.15) is 0 Å². The average molecular weight is 270 g/mol. The Morgan fingerprint density at radius 3 is 2.63 bits per heavy atom. The molecule has 1 nitrogen and oxygen atoms in total. The highest BCUT2D eigenvalue weighted by atomic mass is 19.2. The van der Waals surface area contributed by atoms with Crippen LogP contribution in [-0.4, -0.2) is 6.61 Å². The number of hydrogen-bond donors (Lipinski definition) is 0. The maximum atomic E-state index is 13.9. The van der Waals surface area contributed by atoms with Crippen LogP contribution in [0.2, 0.25) is 0 Å². The van der Waals surface area contributed by atoms with Crippen LogP contribution in [0.1, 0.15) is 46.0 Å². The van der Waals surface area contributed by atoms with Crippen molar-refractivity contribution in [3.05, 3.63) is 36.1 Å². The van der Waals surface area contributed by atoms with Crippen molar-refractivity contribution in [3.63, 3.8) is 0 Å². The van der Waals surface area contributed by atoms with Crippen LogP contribution in [0.4, 0.5) is 8.78 Å². The molecule has 108 valence electrons. The topological polar surface area (TPSA) is 9.23 Å². The van der Waals surface area contributed by atoms with E-state index < -0.39 is 11.7 Å². The molecule has 0 heterocycles. The molecule has 0 amide bonds. The Morgan fingerprint density at radius 2 is 2.00 bits per heavy atom. The Labute approximate surface area is 115 Å². The van der Waals surface area contributed by atoms with Gasteiger partial charge in [0.25, 0.3) is 0 Å². The van der Waals surface area contributed by atoms with E-state index >= 15 is 0 Å². The summed E-state index contributed by atoms with van der Waals surface area (Å²) >= 11 is 0. The van der Waals surface area contributed by atoms with Gasteiger partial charge in [0, 0.05) is 0 Å². The average Bonchev–Trinajstić information content (AvgIpc) is 2.60. The van der Waals surface area contributed by atoms with Crippen LogP contribution >= 0.6 is 0 Å².